The van der Waals surface area contributed by atoms with Crippen LogP contribution in [0.4, 0.5) is 11.4 Å². The Morgan fingerprint density at radius 3 is 2.74 bits per heavy atom. The van der Waals surface area contributed by atoms with E-state index in [1.807, 2.05) is 18.7 Å². The van der Waals surface area contributed by atoms with Gasteiger partial charge in [-0.2, -0.15) is 5.10 Å². The number of hydrogen-bond donors (Lipinski definition) is 2. The number of aryl methyl sites for hydroxylation is 2. The fourth-order valence-electron chi connectivity index (χ4n) is 3.20. The molecule has 31 heavy (non-hydrogen) atoms. The molecule has 0 aliphatic carbocycles. The van der Waals surface area contributed by atoms with Crippen molar-refractivity contribution in [1.82, 2.24) is 20.4 Å². The molecule has 1 heterocycles. The molecule has 0 atom stereocenters. The van der Waals surface area contributed by atoms with Gasteiger partial charge in [0, 0.05) is 25.2 Å². The number of aliphatic imine (C=N–C) groups is 1. The molecule has 2 N–H and O–H groups in total. The molecule has 1 aromatic carbocycles. The minimum absolute atomic E-state index is 0.146. The highest BCUT2D eigenvalue weighted by Crippen LogP contribution is 2.38. The van der Waals surface area contributed by atoms with Gasteiger partial charge in [0.1, 0.15) is 23.4 Å². The predicted octanol–water partition coefficient (Wildman–Crippen LogP) is 1.69. The number of rotatable bonds is 13. The monoisotopic (exact) mass is 428 g/mol. The van der Waals surface area contributed by atoms with E-state index < -0.39 is 0 Å². The van der Waals surface area contributed by atoms with Crippen LogP contribution in [0.1, 0.15) is 39.9 Å². The van der Waals surface area contributed by atoms with Crippen LogP contribution in [-0.2, 0) is 11.3 Å². The van der Waals surface area contributed by atoms with E-state index in [9.17, 15) is 14.4 Å². The van der Waals surface area contributed by atoms with E-state index >= 15 is 0 Å². The summed E-state index contributed by atoms with van der Waals surface area (Å²) < 4.78 is 7.12. The summed E-state index contributed by atoms with van der Waals surface area (Å²) in [5.41, 5.74) is 2.67. The third-order valence-corrected chi connectivity index (χ3v) is 4.62. The maximum Gasteiger partial charge on any atom is 0.270 e. The molecule has 10 nitrogen and oxygen atoms in total. The second-order valence-electron chi connectivity index (χ2n) is 6.71. The first-order chi connectivity index (χ1) is 15.0. The Balaban J connectivity index is 2.32. The highest BCUT2D eigenvalue weighted by Gasteiger charge is 2.20. The van der Waals surface area contributed by atoms with Crippen LogP contribution < -0.4 is 20.3 Å². The normalized spacial score (nSPS) is 10.3. The second kappa shape index (κ2) is 11.5. The van der Waals surface area contributed by atoms with Crippen molar-refractivity contribution in [3.05, 3.63) is 35.2 Å². The molecule has 0 aliphatic heterocycles. The summed E-state index contributed by atoms with van der Waals surface area (Å²) in [5, 5.41) is 9.83. The van der Waals surface area contributed by atoms with Crippen molar-refractivity contribution < 1.29 is 19.1 Å². The highest BCUT2D eigenvalue weighted by atomic mass is 16.5. The number of nitrogens with zero attached hydrogens (tertiary/aromatic N) is 4. The maximum atomic E-state index is 12.8. The van der Waals surface area contributed by atoms with Gasteiger partial charge in [0.2, 0.25) is 6.41 Å². The van der Waals surface area contributed by atoms with Crippen molar-refractivity contribution in [2.45, 2.75) is 26.8 Å². The predicted molar refractivity (Wildman–Crippen MR) is 119 cm³/mol. The minimum atomic E-state index is -0.268. The number of amides is 2. The van der Waals surface area contributed by atoms with Crippen LogP contribution in [0.2, 0.25) is 0 Å². The first-order valence-electron chi connectivity index (χ1n) is 9.87. The number of ether oxygens (including phenoxy) is 1. The fraction of sp³-hybridized carbons (Fsp3) is 0.381. The van der Waals surface area contributed by atoms with Gasteiger partial charge in [0.25, 0.3) is 5.91 Å². The largest absolute Gasteiger partial charge is 0.494 e. The molecule has 0 bridgehead atoms. The molecule has 0 saturated heterocycles. The molecule has 0 unspecified atom stereocenters. The summed E-state index contributed by atoms with van der Waals surface area (Å²) in [4.78, 5) is 40.5. The molecule has 0 radical (unpaired) electrons. The van der Waals surface area contributed by atoms with E-state index in [1.54, 1.807) is 22.9 Å². The number of hydrogen-bond acceptors (Lipinski definition) is 7. The molecule has 2 rings (SSSR count). The van der Waals surface area contributed by atoms with Crippen LogP contribution >= 0.6 is 0 Å². The number of anilines is 1. The Morgan fingerprint density at radius 2 is 2.13 bits per heavy atom. The smallest absolute Gasteiger partial charge is 0.270 e. The lowest BCUT2D eigenvalue weighted by molar-refractivity contribution is -0.109. The molecule has 10 heteroatoms. The van der Waals surface area contributed by atoms with Crippen LogP contribution in [0.25, 0.3) is 0 Å². The Hall–Kier alpha value is -3.69. The quantitative estimate of drug-likeness (QED) is 0.217. The van der Waals surface area contributed by atoms with Gasteiger partial charge in [0.15, 0.2) is 0 Å². The zero-order valence-corrected chi connectivity index (χ0v) is 18.1. The van der Waals surface area contributed by atoms with E-state index in [1.165, 1.54) is 7.11 Å². The Bertz CT molecular complexity index is 940. The molecular formula is C21H28N6O4. The number of nitrogens with one attached hydrogen (secondary N) is 2. The van der Waals surface area contributed by atoms with Crippen molar-refractivity contribution in [2.24, 2.45) is 4.99 Å². The summed E-state index contributed by atoms with van der Waals surface area (Å²) in [6.07, 6.45) is 1.95. The van der Waals surface area contributed by atoms with Gasteiger partial charge in [-0.3, -0.25) is 24.1 Å². The van der Waals surface area contributed by atoms with Crippen LogP contribution in [0.3, 0.4) is 0 Å². The standard InChI is InChI=1S/C21H28N6O4/c1-5-27-18(9-15(2)25-27)21(30)24-13-26(8-6-7-23-14-29)20-17(22-3)10-16(12-28)11-19(20)31-4/h9-12,14H,3,5-8,13H2,1-2,4H3,(H,23,29)(H,24,30). The number of aldehydes is 1. The first-order valence-corrected chi connectivity index (χ1v) is 9.87. The fourth-order valence-corrected chi connectivity index (χ4v) is 3.20. The van der Waals surface area contributed by atoms with Crippen molar-refractivity contribution in [3.63, 3.8) is 0 Å². The third kappa shape index (κ3) is 5.91. The Morgan fingerprint density at radius 1 is 1.35 bits per heavy atom. The van der Waals surface area contributed by atoms with Crippen molar-refractivity contribution in [1.29, 1.82) is 0 Å². The summed E-state index contributed by atoms with van der Waals surface area (Å²) >= 11 is 0. The molecule has 0 spiro atoms. The molecule has 1 aromatic heterocycles. The summed E-state index contributed by atoms with van der Waals surface area (Å²) in [6.45, 7) is 9.00. The highest BCUT2D eigenvalue weighted by molar-refractivity contribution is 5.93. The van der Waals surface area contributed by atoms with E-state index in [2.05, 4.69) is 27.4 Å². The van der Waals surface area contributed by atoms with E-state index in [0.717, 1.165) is 5.69 Å². The molecular weight excluding hydrogens is 400 g/mol. The Kier molecular flexibility index (Phi) is 8.74. The van der Waals surface area contributed by atoms with E-state index in [0.29, 0.717) is 67.1 Å². The average molecular weight is 428 g/mol. The van der Waals surface area contributed by atoms with Crippen molar-refractivity contribution in [2.75, 3.05) is 31.8 Å². The van der Waals surface area contributed by atoms with Gasteiger partial charge in [-0.15, -0.1) is 0 Å². The zero-order chi connectivity index (χ0) is 22.8. The number of benzene rings is 1. The Labute approximate surface area is 181 Å². The van der Waals surface area contributed by atoms with Gasteiger partial charge in [-0.1, -0.05) is 0 Å². The van der Waals surface area contributed by atoms with Crippen molar-refractivity contribution >= 4 is 36.7 Å². The van der Waals surface area contributed by atoms with Crippen LogP contribution in [0.15, 0.2) is 23.2 Å². The SMILES string of the molecule is C=Nc1cc(C=O)cc(OC)c1N(CCCNC=O)CNC(=O)c1cc(C)nn1CC. The van der Waals surface area contributed by atoms with E-state index in [-0.39, 0.29) is 12.6 Å². The lowest BCUT2D eigenvalue weighted by atomic mass is 10.1. The minimum Gasteiger partial charge on any atom is -0.494 e. The van der Waals surface area contributed by atoms with Crippen LogP contribution in [0.5, 0.6) is 5.75 Å². The van der Waals surface area contributed by atoms with E-state index in [4.69, 9.17) is 4.74 Å². The number of methoxy groups -OCH3 is 1. The average Bonchev–Trinajstić information content (AvgIpc) is 3.18. The molecule has 0 fully saturated rings. The topological polar surface area (TPSA) is 118 Å². The van der Waals surface area contributed by atoms with Gasteiger partial charge in [-0.05, 0) is 45.2 Å². The zero-order valence-electron chi connectivity index (χ0n) is 18.1. The van der Waals surface area contributed by atoms with Gasteiger partial charge in [0.05, 0.1) is 25.2 Å². The second-order valence-corrected chi connectivity index (χ2v) is 6.71. The lowest BCUT2D eigenvalue weighted by Crippen LogP contribution is -2.40. The molecule has 2 aromatic rings. The van der Waals surface area contributed by atoms with Gasteiger partial charge < -0.3 is 20.3 Å². The number of carbonyl (C=O) groups excluding carboxylic acids is 3. The summed E-state index contributed by atoms with van der Waals surface area (Å²) in [6, 6.07) is 4.93. The van der Waals surface area contributed by atoms with Gasteiger partial charge in [-0.25, -0.2) is 0 Å². The van der Waals surface area contributed by atoms with Crippen LogP contribution in [0, 0.1) is 6.92 Å². The first kappa shape index (κ1) is 23.6. The summed E-state index contributed by atoms with van der Waals surface area (Å²) in [5.74, 6) is 0.161. The number of aromatic nitrogens is 2. The molecule has 2 amide bonds. The number of carbonyl (C=O) groups is 3. The van der Waals surface area contributed by atoms with Crippen LogP contribution in [-0.4, -0.2) is 62.0 Å². The maximum absolute atomic E-state index is 12.8. The lowest BCUT2D eigenvalue weighted by Gasteiger charge is -2.28. The molecule has 0 saturated carbocycles. The van der Waals surface area contributed by atoms with Gasteiger partial charge >= 0.3 is 0 Å². The third-order valence-electron chi connectivity index (χ3n) is 4.62. The molecule has 0 aliphatic rings. The van der Waals surface area contributed by atoms with Crippen molar-refractivity contribution in [3.8, 4) is 5.75 Å². The molecule has 166 valence electrons. The summed E-state index contributed by atoms with van der Waals surface area (Å²) in [7, 11) is 1.49.